The van der Waals surface area contributed by atoms with Gasteiger partial charge in [0.25, 0.3) is 5.91 Å². The third-order valence-electron chi connectivity index (χ3n) is 8.91. The average molecular weight is 495 g/mol. The number of amides is 4. The standard InChI is InChI=1S/C27H34N4O5/c32-23-4-3-22(25(34)28-23)31-15-19-14-20(1-2-21(19)26(31)35)30-16-27(17-30)7-9-29(10-8-27)24(33)13-18-5-11-36-12-6-18/h1-2,14,18,22H,3-13,15-17H2,(H,28,32,34). The predicted molar refractivity (Wildman–Crippen MR) is 131 cm³/mol. The normalized spacial score (nSPS) is 26.2. The molecule has 192 valence electrons. The van der Waals surface area contributed by atoms with Crippen molar-refractivity contribution in [1.29, 1.82) is 0 Å². The summed E-state index contributed by atoms with van der Waals surface area (Å²) in [6.45, 7) is 5.59. The molecule has 5 aliphatic rings. The Morgan fingerprint density at radius 2 is 1.81 bits per heavy atom. The van der Waals surface area contributed by atoms with E-state index in [-0.39, 0.29) is 29.6 Å². The molecule has 4 amide bonds. The van der Waals surface area contributed by atoms with Crippen LogP contribution >= 0.6 is 0 Å². The van der Waals surface area contributed by atoms with Crippen molar-refractivity contribution >= 4 is 29.3 Å². The van der Waals surface area contributed by atoms with Gasteiger partial charge in [-0.05, 0) is 61.8 Å². The molecule has 5 aliphatic heterocycles. The Balaban J connectivity index is 1.03. The maximum atomic E-state index is 13.0. The molecule has 1 aromatic carbocycles. The first kappa shape index (κ1) is 23.5. The minimum Gasteiger partial charge on any atom is -0.381 e. The number of carbonyl (C=O) groups is 4. The number of hydrogen-bond donors (Lipinski definition) is 1. The summed E-state index contributed by atoms with van der Waals surface area (Å²) < 4.78 is 5.42. The summed E-state index contributed by atoms with van der Waals surface area (Å²) in [5, 5.41) is 2.36. The lowest BCUT2D eigenvalue weighted by Crippen LogP contribution is -2.61. The number of piperidine rings is 2. The van der Waals surface area contributed by atoms with E-state index >= 15 is 0 Å². The van der Waals surface area contributed by atoms with Crippen LogP contribution in [0.3, 0.4) is 0 Å². The highest BCUT2D eigenvalue weighted by Crippen LogP contribution is 2.43. The molecule has 36 heavy (non-hydrogen) atoms. The lowest BCUT2D eigenvalue weighted by molar-refractivity contribution is -0.137. The number of benzene rings is 1. The van der Waals surface area contributed by atoms with Gasteiger partial charge in [-0.2, -0.15) is 0 Å². The quantitative estimate of drug-likeness (QED) is 0.640. The average Bonchev–Trinajstić information content (AvgIpc) is 3.18. The summed E-state index contributed by atoms with van der Waals surface area (Å²) in [5.74, 6) is -0.0153. The van der Waals surface area contributed by atoms with Crippen LogP contribution in [-0.2, 0) is 25.7 Å². The van der Waals surface area contributed by atoms with Crippen LogP contribution in [0.25, 0.3) is 0 Å². The van der Waals surface area contributed by atoms with E-state index in [0.717, 1.165) is 76.3 Å². The fraction of sp³-hybridized carbons (Fsp3) is 0.630. The second kappa shape index (κ2) is 9.18. The largest absolute Gasteiger partial charge is 0.381 e. The van der Waals surface area contributed by atoms with Crippen molar-refractivity contribution in [3.63, 3.8) is 0 Å². The molecule has 9 nitrogen and oxygen atoms in total. The first-order valence-electron chi connectivity index (χ1n) is 13.3. The van der Waals surface area contributed by atoms with Crippen molar-refractivity contribution < 1.29 is 23.9 Å². The Morgan fingerprint density at radius 3 is 2.53 bits per heavy atom. The van der Waals surface area contributed by atoms with Crippen molar-refractivity contribution in [3.8, 4) is 0 Å². The van der Waals surface area contributed by atoms with Gasteiger partial charge in [0.15, 0.2) is 0 Å². The number of carbonyl (C=O) groups excluding carboxylic acids is 4. The zero-order chi connectivity index (χ0) is 24.9. The molecule has 6 rings (SSSR count). The summed E-state index contributed by atoms with van der Waals surface area (Å²) in [5.41, 5.74) is 2.96. The lowest BCUT2D eigenvalue weighted by atomic mass is 9.71. The number of fused-ring (bicyclic) bond motifs is 1. The molecule has 0 bridgehead atoms. The molecular weight excluding hydrogens is 460 g/mol. The number of nitrogens with zero attached hydrogens (tertiary/aromatic N) is 3. The Labute approximate surface area is 211 Å². The van der Waals surface area contributed by atoms with Gasteiger partial charge in [0.1, 0.15) is 6.04 Å². The molecule has 0 aliphatic carbocycles. The monoisotopic (exact) mass is 494 g/mol. The van der Waals surface area contributed by atoms with Crippen LogP contribution in [0.2, 0.25) is 0 Å². The van der Waals surface area contributed by atoms with Crippen LogP contribution in [0.5, 0.6) is 0 Å². The number of likely N-dealkylation sites (tertiary alicyclic amines) is 1. The molecule has 9 heteroatoms. The summed E-state index contributed by atoms with van der Waals surface area (Å²) >= 11 is 0. The summed E-state index contributed by atoms with van der Waals surface area (Å²) in [6.07, 6.45) is 5.36. The number of anilines is 1. The zero-order valence-electron chi connectivity index (χ0n) is 20.7. The molecule has 1 spiro atoms. The molecule has 4 fully saturated rings. The van der Waals surface area contributed by atoms with Crippen LogP contribution in [0.1, 0.15) is 60.9 Å². The van der Waals surface area contributed by atoms with Crippen LogP contribution in [0, 0.1) is 11.3 Å². The Bertz CT molecular complexity index is 1080. The van der Waals surface area contributed by atoms with Crippen molar-refractivity contribution in [1.82, 2.24) is 15.1 Å². The lowest BCUT2D eigenvalue weighted by Gasteiger charge is -2.55. The SMILES string of the molecule is O=C1CCC(N2Cc3cc(N4CC5(CCN(C(=O)CC6CCOCC6)CC5)C4)ccc3C2=O)C(=O)N1. The van der Waals surface area contributed by atoms with E-state index in [4.69, 9.17) is 4.74 Å². The number of nitrogens with one attached hydrogen (secondary N) is 1. The molecule has 1 aromatic rings. The predicted octanol–water partition coefficient (Wildman–Crippen LogP) is 1.69. The van der Waals surface area contributed by atoms with Crippen molar-refractivity contribution in [2.75, 3.05) is 44.3 Å². The van der Waals surface area contributed by atoms with Gasteiger partial charge >= 0.3 is 0 Å². The van der Waals surface area contributed by atoms with Gasteiger partial charge in [0.05, 0.1) is 0 Å². The van der Waals surface area contributed by atoms with E-state index < -0.39 is 6.04 Å². The van der Waals surface area contributed by atoms with Crippen LogP contribution < -0.4 is 10.2 Å². The fourth-order valence-electron chi connectivity index (χ4n) is 6.58. The molecular formula is C27H34N4O5. The topological polar surface area (TPSA) is 99.3 Å². The highest BCUT2D eigenvalue weighted by Gasteiger charge is 2.46. The summed E-state index contributed by atoms with van der Waals surface area (Å²) in [7, 11) is 0. The first-order chi connectivity index (χ1) is 17.4. The highest BCUT2D eigenvalue weighted by molar-refractivity contribution is 6.05. The molecule has 1 atom stereocenters. The number of ether oxygens (including phenoxy) is 1. The van der Waals surface area contributed by atoms with E-state index in [1.54, 1.807) is 4.90 Å². The van der Waals surface area contributed by atoms with Gasteiger partial charge in [-0.25, -0.2) is 0 Å². The maximum absolute atomic E-state index is 13.0. The van der Waals surface area contributed by atoms with E-state index in [1.807, 2.05) is 12.1 Å². The summed E-state index contributed by atoms with van der Waals surface area (Å²) in [4.78, 5) is 55.5. The van der Waals surface area contributed by atoms with E-state index in [0.29, 0.717) is 36.8 Å². The molecule has 0 aromatic heterocycles. The minimum atomic E-state index is -0.585. The van der Waals surface area contributed by atoms with Gasteiger partial charge in [-0.3, -0.25) is 24.5 Å². The van der Waals surface area contributed by atoms with E-state index in [9.17, 15) is 19.2 Å². The van der Waals surface area contributed by atoms with Crippen molar-refractivity contribution in [2.45, 2.75) is 57.5 Å². The molecule has 0 saturated carbocycles. The van der Waals surface area contributed by atoms with Gasteiger partial charge in [-0.1, -0.05) is 0 Å². The van der Waals surface area contributed by atoms with E-state index in [2.05, 4.69) is 21.2 Å². The summed E-state index contributed by atoms with van der Waals surface area (Å²) in [6, 6.07) is 5.38. The van der Waals surface area contributed by atoms with E-state index in [1.165, 1.54) is 0 Å². The third-order valence-corrected chi connectivity index (χ3v) is 8.91. The maximum Gasteiger partial charge on any atom is 0.255 e. The Morgan fingerprint density at radius 1 is 1.06 bits per heavy atom. The van der Waals surface area contributed by atoms with Crippen LogP contribution in [0.4, 0.5) is 5.69 Å². The van der Waals surface area contributed by atoms with Crippen molar-refractivity contribution in [3.05, 3.63) is 29.3 Å². The van der Waals surface area contributed by atoms with Gasteiger partial charge in [-0.15, -0.1) is 0 Å². The molecule has 0 radical (unpaired) electrons. The number of hydrogen-bond acceptors (Lipinski definition) is 6. The Kier molecular flexibility index (Phi) is 5.98. The molecule has 5 heterocycles. The fourth-order valence-corrected chi connectivity index (χ4v) is 6.58. The second-order valence-electron chi connectivity index (χ2n) is 11.2. The van der Waals surface area contributed by atoms with Gasteiger partial charge < -0.3 is 19.4 Å². The zero-order valence-corrected chi connectivity index (χ0v) is 20.7. The molecule has 1 N–H and O–H groups in total. The highest BCUT2D eigenvalue weighted by atomic mass is 16.5. The first-order valence-corrected chi connectivity index (χ1v) is 13.3. The second-order valence-corrected chi connectivity index (χ2v) is 11.2. The molecule has 1 unspecified atom stereocenters. The Hall–Kier alpha value is -2.94. The molecule has 4 saturated heterocycles. The van der Waals surface area contributed by atoms with Gasteiger partial charge in [0, 0.05) is 75.4 Å². The number of rotatable bonds is 4. The van der Waals surface area contributed by atoms with Crippen LogP contribution in [0.15, 0.2) is 18.2 Å². The number of imide groups is 1. The van der Waals surface area contributed by atoms with Gasteiger partial charge in [0.2, 0.25) is 17.7 Å². The van der Waals surface area contributed by atoms with Crippen LogP contribution in [-0.4, -0.2) is 78.9 Å². The smallest absolute Gasteiger partial charge is 0.255 e. The minimum absolute atomic E-state index is 0.135. The van der Waals surface area contributed by atoms with Crippen molar-refractivity contribution in [2.24, 2.45) is 11.3 Å². The third kappa shape index (κ3) is 4.27.